The van der Waals surface area contributed by atoms with E-state index in [0.717, 1.165) is 24.0 Å². The standard InChI is InChI=1S/C11H13F/c1-3-6-10-9(4-2)7-5-8-11(10)12/h4-5,7-8H,2-3,6H2,1H3. The molecule has 0 saturated carbocycles. The molecule has 0 aromatic heterocycles. The van der Waals surface area contributed by atoms with Gasteiger partial charge in [0.05, 0.1) is 0 Å². The Morgan fingerprint density at radius 3 is 2.83 bits per heavy atom. The number of rotatable bonds is 3. The van der Waals surface area contributed by atoms with Crippen LogP contribution in [0.25, 0.3) is 6.08 Å². The largest absolute Gasteiger partial charge is 0.207 e. The molecule has 64 valence electrons. The van der Waals surface area contributed by atoms with E-state index in [1.54, 1.807) is 12.1 Å². The third-order valence-corrected chi connectivity index (χ3v) is 1.88. The lowest BCUT2D eigenvalue weighted by Gasteiger charge is -2.04. The van der Waals surface area contributed by atoms with Crippen LogP contribution in [0.2, 0.25) is 0 Å². The van der Waals surface area contributed by atoms with E-state index in [0.29, 0.717) is 0 Å². The zero-order chi connectivity index (χ0) is 8.97. The minimum absolute atomic E-state index is 0.116. The van der Waals surface area contributed by atoms with Crippen LogP contribution in [0.3, 0.4) is 0 Å². The van der Waals surface area contributed by atoms with E-state index in [2.05, 4.69) is 6.58 Å². The van der Waals surface area contributed by atoms with Gasteiger partial charge in [-0.3, -0.25) is 0 Å². The molecule has 0 aliphatic heterocycles. The predicted molar refractivity (Wildman–Crippen MR) is 50.5 cm³/mol. The van der Waals surface area contributed by atoms with E-state index in [1.165, 1.54) is 6.07 Å². The molecule has 0 fully saturated rings. The molecule has 0 unspecified atom stereocenters. The first kappa shape index (κ1) is 8.98. The highest BCUT2D eigenvalue weighted by Crippen LogP contribution is 2.16. The van der Waals surface area contributed by atoms with Gasteiger partial charge in [-0.15, -0.1) is 0 Å². The van der Waals surface area contributed by atoms with Gasteiger partial charge in [0.2, 0.25) is 0 Å². The zero-order valence-corrected chi connectivity index (χ0v) is 7.31. The minimum Gasteiger partial charge on any atom is -0.207 e. The molecule has 0 nitrogen and oxygen atoms in total. The Labute approximate surface area is 72.7 Å². The van der Waals surface area contributed by atoms with E-state index < -0.39 is 0 Å². The van der Waals surface area contributed by atoms with Crippen LogP contribution in [-0.4, -0.2) is 0 Å². The Hall–Kier alpha value is -1.11. The van der Waals surface area contributed by atoms with Gasteiger partial charge < -0.3 is 0 Å². The van der Waals surface area contributed by atoms with Crippen LogP contribution in [0.1, 0.15) is 24.5 Å². The quantitative estimate of drug-likeness (QED) is 0.642. The fraction of sp³-hybridized carbons (Fsp3) is 0.273. The van der Waals surface area contributed by atoms with Gasteiger partial charge in [-0.1, -0.05) is 38.1 Å². The van der Waals surface area contributed by atoms with Gasteiger partial charge in [0, 0.05) is 0 Å². The summed E-state index contributed by atoms with van der Waals surface area (Å²) in [5.74, 6) is -0.116. The van der Waals surface area contributed by atoms with Gasteiger partial charge in [-0.2, -0.15) is 0 Å². The molecule has 1 aromatic rings. The minimum atomic E-state index is -0.116. The van der Waals surface area contributed by atoms with Crippen molar-refractivity contribution in [3.05, 3.63) is 41.7 Å². The van der Waals surface area contributed by atoms with Crippen LogP contribution in [0.5, 0.6) is 0 Å². The van der Waals surface area contributed by atoms with Crippen LogP contribution < -0.4 is 0 Å². The van der Waals surface area contributed by atoms with Crippen LogP contribution in [-0.2, 0) is 6.42 Å². The van der Waals surface area contributed by atoms with Crippen molar-refractivity contribution < 1.29 is 4.39 Å². The van der Waals surface area contributed by atoms with Crippen molar-refractivity contribution in [2.24, 2.45) is 0 Å². The first-order valence-corrected chi connectivity index (χ1v) is 4.19. The number of hydrogen-bond acceptors (Lipinski definition) is 0. The Bertz CT molecular complexity index is 276. The maximum Gasteiger partial charge on any atom is 0.126 e. The van der Waals surface area contributed by atoms with Crippen molar-refractivity contribution in [2.75, 3.05) is 0 Å². The molecule has 12 heavy (non-hydrogen) atoms. The van der Waals surface area contributed by atoms with Crippen LogP contribution in [0.4, 0.5) is 4.39 Å². The maximum absolute atomic E-state index is 13.2. The van der Waals surface area contributed by atoms with Crippen molar-refractivity contribution in [3.63, 3.8) is 0 Å². The van der Waals surface area contributed by atoms with E-state index in [-0.39, 0.29) is 5.82 Å². The predicted octanol–water partition coefficient (Wildman–Crippen LogP) is 3.42. The molecule has 0 radical (unpaired) electrons. The van der Waals surface area contributed by atoms with Crippen molar-refractivity contribution in [1.82, 2.24) is 0 Å². The molecule has 1 heteroatoms. The molecule has 1 aromatic carbocycles. The highest BCUT2D eigenvalue weighted by Gasteiger charge is 2.03. The number of benzene rings is 1. The summed E-state index contributed by atoms with van der Waals surface area (Å²) in [5, 5.41) is 0. The van der Waals surface area contributed by atoms with Crippen molar-refractivity contribution in [2.45, 2.75) is 19.8 Å². The summed E-state index contributed by atoms with van der Waals surface area (Å²) in [6.45, 7) is 5.69. The monoisotopic (exact) mass is 164 g/mol. The molecule has 0 aliphatic carbocycles. The molecule has 0 aliphatic rings. The molecule has 0 bridgehead atoms. The molecule has 0 atom stereocenters. The summed E-state index contributed by atoms with van der Waals surface area (Å²) in [4.78, 5) is 0. The highest BCUT2D eigenvalue weighted by atomic mass is 19.1. The topological polar surface area (TPSA) is 0 Å². The zero-order valence-electron chi connectivity index (χ0n) is 7.31. The van der Waals surface area contributed by atoms with Gasteiger partial charge in [-0.05, 0) is 23.6 Å². The average Bonchev–Trinajstić information content (AvgIpc) is 2.09. The molecule has 0 saturated heterocycles. The third-order valence-electron chi connectivity index (χ3n) is 1.88. The summed E-state index contributed by atoms with van der Waals surface area (Å²) in [6, 6.07) is 5.10. The van der Waals surface area contributed by atoms with Gasteiger partial charge in [0.15, 0.2) is 0 Å². The maximum atomic E-state index is 13.2. The van der Waals surface area contributed by atoms with E-state index in [9.17, 15) is 4.39 Å². The first-order valence-electron chi connectivity index (χ1n) is 4.19. The van der Waals surface area contributed by atoms with Gasteiger partial charge >= 0.3 is 0 Å². The summed E-state index contributed by atoms with van der Waals surface area (Å²) in [5.41, 5.74) is 1.70. The summed E-state index contributed by atoms with van der Waals surface area (Å²) < 4.78 is 13.2. The van der Waals surface area contributed by atoms with E-state index in [1.807, 2.05) is 13.0 Å². The average molecular weight is 164 g/mol. The number of halogens is 1. The second-order valence-corrected chi connectivity index (χ2v) is 2.76. The highest BCUT2D eigenvalue weighted by molar-refractivity contribution is 5.52. The lowest BCUT2D eigenvalue weighted by Crippen LogP contribution is -1.92. The Kier molecular flexibility index (Phi) is 3.03. The van der Waals surface area contributed by atoms with E-state index >= 15 is 0 Å². The lowest BCUT2D eigenvalue weighted by atomic mass is 10.0. The van der Waals surface area contributed by atoms with Crippen molar-refractivity contribution in [1.29, 1.82) is 0 Å². The molecule has 1 rings (SSSR count). The normalized spacial score (nSPS) is 9.83. The molecule has 0 N–H and O–H groups in total. The molecule has 0 amide bonds. The summed E-state index contributed by atoms with van der Waals surface area (Å²) in [7, 11) is 0. The Morgan fingerprint density at radius 2 is 2.25 bits per heavy atom. The Morgan fingerprint density at radius 1 is 1.50 bits per heavy atom. The molecule has 0 heterocycles. The Balaban J connectivity index is 3.10. The van der Waals surface area contributed by atoms with Gasteiger partial charge in [-0.25, -0.2) is 4.39 Å². The molecule has 0 spiro atoms. The smallest absolute Gasteiger partial charge is 0.126 e. The van der Waals surface area contributed by atoms with Crippen molar-refractivity contribution in [3.8, 4) is 0 Å². The first-order chi connectivity index (χ1) is 5.79. The van der Waals surface area contributed by atoms with Crippen LogP contribution >= 0.6 is 0 Å². The van der Waals surface area contributed by atoms with Gasteiger partial charge in [0.1, 0.15) is 5.82 Å². The molecular weight excluding hydrogens is 151 g/mol. The molecular formula is C11H13F. The van der Waals surface area contributed by atoms with Gasteiger partial charge in [0.25, 0.3) is 0 Å². The summed E-state index contributed by atoms with van der Waals surface area (Å²) >= 11 is 0. The lowest BCUT2D eigenvalue weighted by molar-refractivity contribution is 0.607. The fourth-order valence-electron chi connectivity index (χ4n) is 1.28. The second kappa shape index (κ2) is 4.05. The van der Waals surface area contributed by atoms with Crippen LogP contribution in [0.15, 0.2) is 24.8 Å². The fourth-order valence-corrected chi connectivity index (χ4v) is 1.28. The van der Waals surface area contributed by atoms with E-state index in [4.69, 9.17) is 0 Å². The number of hydrogen-bond donors (Lipinski definition) is 0. The van der Waals surface area contributed by atoms with Crippen LogP contribution in [0, 0.1) is 5.82 Å². The summed E-state index contributed by atoms with van der Waals surface area (Å²) in [6.07, 6.45) is 3.45. The SMILES string of the molecule is C=Cc1cccc(F)c1CCC. The third kappa shape index (κ3) is 1.73. The van der Waals surface area contributed by atoms with Crippen molar-refractivity contribution >= 4 is 6.08 Å². The second-order valence-electron chi connectivity index (χ2n) is 2.76.